The van der Waals surface area contributed by atoms with Gasteiger partial charge < -0.3 is 8.85 Å². The zero-order valence-electron chi connectivity index (χ0n) is 12.4. The molecule has 0 N–H and O–H groups in total. The maximum atomic E-state index is 5.96. The Hall–Kier alpha value is 0.137. The summed E-state index contributed by atoms with van der Waals surface area (Å²) in [7, 11) is 0.00391. The molecule has 0 aliphatic carbocycles. The maximum Gasteiger partial charge on any atom is 0.337 e. The monoisotopic (exact) mass is 260 g/mol. The van der Waals surface area contributed by atoms with Crippen LogP contribution in [0.15, 0.2) is 0 Å². The number of rotatable bonds is 12. The summed E-state index contributed by atoms with van der Waals surface area (Å²) >= 11 is 0. The Kier molecular flexibility index (Phi) is 11.3. The molecule has 0 radical (unpaired) electrons. The average molecular weight is 260 g/mol. The van der Waals surface area contributed by atoms with E-state index in [1.807, 2.05) is 7.11 Å². The highest BCUT2D eigenvalue weighted by Crippen LogP contribution is 2.23. The molecule has 0 saturated carbocycles. The molecule has 0 spiro atoms. The minimum Gasteiger partial charge on any atom is -0.398 e. The van der Waals surface area contributed by atoms with Gasteiger partial charge in [-0.2, -0.15) is 0 Å². The van der Waals surface area contributed by atoms with E-state index in [2.05, 4.69) is 20.8 Å². The van der Waals surface area contributed by atoms with Gasteiger partial charge in [0.25, 0.3) is 0 Å². The van der Waals surface area contributed by atoms with E-state index in [1.165, 1.54) is 51.0 Å². The largest absolute Gasteiger partial charge is 0.398 e. The summed E-state index contributed by atoms with van der Waals surface area (Å²) in [4.78, 5) is 0. The molecule has 0 rings (SSSR count). The highest BCUT2D eigenvalue weighted by Gasteiger charge is 2.34. The van der Waals surface area contributed by atoms with Gasteiger partial charge >= 0.3 is 8.56 Å². The first kappa shape index (κ1) is 17.1. The van der Waals surface area contributed by atoms with Crippen molar-refractivity contribution in [1.82, 2.24) is 0 Å². The fraction of sp³-hybridized carbons (Fsp3) is 1.00. The number of unbranched alkanes of at least 4 members (excludes halogenated alkanes) is 5. The van der Waals surface area contributed by atoms with Gasteiger partial charge in [-0.1, -0.05) is 58.8 Å². The maximum absolute atomic E-state index is 5.96. The van der Waals surface area contributed by atoms with Crippen LogP contribution in [0.2, 0.25) is 12.1 Å². The Morgan fingerprint density at radius 3 is 1.94 bits per heavy atom. The molecule has 0 aliphatic heterocycles. The summed E-state index contributed by atoms with van der Waals surface area (Å²) in [6.07, 6.45) is 9.27. The minimum atomic E-state index is -1.84. The van der Waals surface area contributed by atoms with E-state index in [0.29, 0.717) is 0 Å². The number of hydrogen-bond acceptors (Lipinski definition) is 2. The predicted octanol–water partition coefficient (Wildman–Crippen LogP) is 4.88. The summed E-state index contributed by atoms with van der Waals surface area (Å²) in [5.74, 6) is 0. The normalized spacial score (nSPS) is 14.8. The summed E-state index contributed by atoms with van der Waals surface area (Å²) in [6.45, 7) is 7.37. The average Bonchev–Trinajstić information content (AvgIpc) is 2.34. The zero-order chi connectivity index (χ0) is 13.0. The van der Waals surface area contributed by atoms with E-state index in [9.17, 15) is 0 Å². The molecule has 0 aromatic carbocycles. The van der Waals surface area contributed by atoms with Crippen LogP contribution in [0.25, 0.3) is 0 Å². The molecular formula is C14H32O2Si. The number of hydrogen-bond donors (Lipinski definition) is 0. The van der Waals surface area contributed by atoms with Gasteiger partial charge in [-0.3, -0.25) is 0 Å². The van der Waals surface area contributed by atoms with Gasteiger partial charge in [-0.25, -0.2) is 0 Å². The molecule has 0 amide bonds. The smallest absolute Gasteiger partial charge is 0.337 e. The highest BCUT2D eigenvalue weighted by atomic mass is 28.4. The lowest BCUT2D eigenvalue weighted by molar-refractivity contribution is 0.206. The van der Waals surface area contributed by atoms with E-state index in [4.69, 9.17) is 8.85 Å². The van der Waals surface area contributed by atoms with Crippen LogP contribution in [0.5, 0.6) is 0 Å². The zero-order valence-corrected chi connectivity index (χ0v) is 13.4. The lowest BCUT2D eigenvalue weighted by atomic mass is 10.1. The van der Waals surface area contributed by atoms with Crippen molar-refractivity contribution >= 4 is 8.56 Å². The van der Waals surface area contributed by atoms with Gasteiger partial charge in [0.2, 0.25) is 0 Å². The molecular weight excluding hydrogens is 228 g/mol. The quantitative estimate of drug-likeness (QED) is 0.368. The van der Waals surface area contributed by atoms with Crippen molar-refractivity contribution < 1.29 is 8.85 Å². The Morgan fingerprint density at radius 2 is 1.41 bits per heavy atom. The second-order valence-electron chi connectivity index (χ2n) is 4.82. The Bertz CT molecular complexity index is 156. The highest BCUT2D eigenvalue weighted by molar-refractivity contribution is 6.67. The molecule has 3 heteroatoms. The fourth-order valence-electron chi connectivity index (χ4n) is 2.35. The first-order valence-corrected chi connectivity index (χ1v) is 9.66. The van der Waals surface area contributed by atoms with E-state index in [1.54, 1.807) is 0 Å². The van der Waals surface area contributed by atoms with E-state index in [0.717, 1.165) is 12.7 Å². The molecule has 0 aromatic rings. The van der Waals surface area contributed by atoms with Gasteiger partial charge in [0.1, 0.15) is 0 Å². The third kappa shape index (κ3) is 7.95. The van der Waals surface area contributed by atoms with E-state index in [-0.39, 0.29) is 0 Å². The van der Waals surface area contributed by atoms with Crippen LogP contribution in [0, 0.1) is 0 Å². The molecule has 0 aliphatic rings. The van der Waals surface area contributed by atoms with Crippen LogP contribution in [0.4, 0.5) is 0 Å². The van der Waals surface area contributed by atoms with Crippen LogP contribution in [0.1, 0.15) is 65.7 Å². The fourth-order valence-corrected chi connectivity index (χ4v) is 5.49. The SMILES string of the molecule is CCCCCCCC[Si](CCC)(OC)OCC. The molecule has 1 unspecified atom stereocenters. The van der Waals surface area contributed by atoms with E-state index >= 15 is 0 Å². The molecule has 2 nitrogen and oxygen atoms in total. The first-order chi connectivity index (χ1) is 8.24. The van der Waals surface area contributed by atoms with Crippen LogP contribution in [-0.4, -0.2) is 22.3 Å². The molecule has 0 heterocycles. The molecule has 104 valence electrons. The van der Waals surface area contributed by atoms with Crippen molar-refractivity contribution in [2.45, 2.75) is 77.8 Å². The molecule has 1 atom stereocenters. The van der Waals surface area contributed by atoms with Crippen molar-refractivity contribution in [3.05, 3.63) is 0 Å². The van der Waals surface area contributed by atoms with E-state index < -0.39 is 8.56 Å². The van der Waals surface area contributed by atoms with Gasteiger partial charge in [-0.05, 0) is 19.0 Å². The summed E-state index contributed by atoms with van der Waals surface area (Å²) in [5, 5.41) is 0. The first-order valence-electron chi connectivity index (χ1n) is 7.43. The third-order valence-electron chi connectivity index (χ3n) is 3.32. The van der Waals surface area contributed by atoms with Crippen molar-refractivity contribution in [1.29, 1.82) is 0 Å². The lowest BCUT2D eigenvalue weighted by Crippen LogP contribution is -2.40. The standard InChI is InChI=1S/C14H32O2Si/c1-5-8-9-10-11-12-14-17(15-4,13-6-2)16-7-3/h5-14H2,1-4H3. The summed E-state index contributed by atoms with van der Waals surface area (Å²) < 4.78 is 11.7. The van der Waals surface area contributed by atoms with Crippen LogP contribution < -0.4 is 0 Å². The molecule has 0 aromatic heterocycles. The van der Waals surface area contributed by atoms with Crippen molar-refractivity contribution in [3.8, 4) is 0 Å². The van der Waals surface area contributed by atoms with Crippen molar-refractivity contribution in [2.24, 2.45) is 0 Å². The van der Waals surface area contributed by atoms with Crippen molar-refractivity contribution in [3.63, 3.8) is 0 Å². The Balaban J connectivity index is 3.82. The van der Waals surface area contributed by atoms with Crippen LogP contribution in [0.3, 0.4) is 0 Å². The third-order valence-corrected chi connectivity index (χ3v) is 7.26. The van der Waals surface area contributed by atoms with Gasteiger partial charge in [0.05, 0.1) is 0 Å². The molecule has 0 bridgehead atoms. The summed E-state index contributed by atoms with van der Waals surface area (Å²) in [5.41, 5.74) is 0. The minimum absolute atomic E-state index is 0.801. The van der Waals surface area contributed by atoms with Crippen molar-refractivity contribution in [2.75, 3.05) is 13.7 Å². The Labute approximate surface area is 109 Å². The topological polar surface area (TPSA) is 18.5 Å². The Morgan fingerprint density at radius 1 is 0.765 bits per heavy atom. The summed E-state index contributed by atoms with van der Waals surface area (Å²) in [6, 6.07) is 2.32. The molecule has 0 saturated heterocycles. The second-order valence-corrected chi connectivity index (χ2v) is 8.33. The second kappa shape index (κ2) is 11.2. The van der Waals surface area contributed by atoms with Gasteiger partial charge in [-0.15, -0.1) is 0 Å². The van der Waals surface area contributed by atoms with Gasteiger partial charge in [0, 0.05) is 13.7 Å². The molecule has 0 fully saturated rings. The van der Waals surface area contributed by atoms with Crippen LogP contribution in [-0.2, 0) is 8.85 Å². The lowest BCUT2D eigenvalue weighted by Gasteiger charge is -2.28. The van der Waals surface area contributed by atoms with Gasteiger partial charge in [0.15, 0.2) is 0 Å². The molecule has 17 heavy (non-hydrogen) atoms. The predicted molar refractivity (Wildman–Crippen MR) is 77.7 cm³/mol. The van der Waals surface area contributed by atoms with Crippen LogP contribution >= 0.6 is 0 Å².